The fraction of sp³-hybridized carbons (Fsp3) is 0.167. The molecule has 1 aromatic carbocycles. The van der Waals surface area contributed by atoms with Crippen LogP contribution in [0, 0.1) is 0 Å². The van der Waals surface area contributed by atoms with E-state index in [0.29, 0.717) is 23.7 Å². The number of aryl methyl sites for hydroxylation is 1. The summed E-state index contributed by atoms with van der Waals surface area (Å²) in [6.45, 7) is 0.341. The van der Waals surface area contributed by atoms with E-state index in [2.05, 4.69) is 10.4 Å². The van der Waals surface area contributed by atoms with Crippen LogP contribution in [0.3, 0.4) is 0 Å². The van der Waals surface area contributed by atoms with Gasteiger partial charge in [-0.25, -0.2) is 0 Å². The Kier molecular flexibility index (Phi) is 4.65. The van der Waals surface area contributed by atoms with Crippen LogP contribution in [0.2, 0.25) is 0 Å². The zero-order valence-electron chi connectivity index (χ0n) is 14.0. The number of amides is 2. The molecule has 1 N–H and O–H groups in total. The number of nitrogens with one attached hydrogen (secondary N) is 1. The minimum atomic E-state index is -0.258. The van der Waals surface area contributed by atoms with E-state index >= 15 is 0 Å². The van der Waals surface area contributed by atoms with Crippen LogP contribution in [0.25, 0.3) is 0 Å². The Bertz CT molecular complexity index is 869. The molecule has 0 aliphatic rings. The molecule has 2 aromatic heterocycles. The Hall–Kier alpha value is -3.35. The van der Waals surface area contributed by atoms with Crippen molar-refractivity contribution in [2.75, 3.05) is 12.4 Å². The van der Waals surface area contributed by atoms with Crippen LogP contribution in [0.1, 0.15) is 26.6 Å². The van der Waals surface area contributed by atoms with E-state index in [4.69, 9.17) is 4.42 Å². The number of hydrogen-bond donors (Lipinski definition) is 1. The Morgan fingerprint density at radius 3 is 2.64 bits per heavy atom. The van der Waals surface area contributed by atoms with Gasteiger partial charge in [-0.2, -0.15) is 5.10 Å². The van der Waals surface area contributed by atoms with Crippen molar-refractivity contribution in [3.63, 3.8) is 0 Å². The monoisotopic (exact) mass is 338 g/mol. The largest absolute Gasteiger partial charge is 0.467 e. The summed E-state index contributed by atoms with van der Waals surface area (Å²) in [7, 11) is 3.34. The van der Waals surface area contributed by atoms with Gasteiger partial charge in [0.2, 0.25) is 0 Å². The zero-order valence-corrected chi connectivity index (χ0v) is 14.0. The fourth-order valence-corrected chi connectivity index (χ4v) is 2.37. The van der Waals surface area contributed by atoms with Crippen molar-refractivity contribution in [2.45, 2.75) is 6.54 Å². The van der Waals surface area contributed by atoms with Gasteiger partial charge in [0.05, 0.1) is 12.8 Å². The van der Waals surface area contributed by atoms with Crippen LogP contribution in [-0.4, -0.2) is 33.5 Å². The molecule has 0 aliphatic carbocycles. The molecule has 0 radical (unpaired) electrons. The molecule has 2 amide bonds. The summed E-state index contributed by atoms with van der Waals surface area (Å²) in [6, 6.07) is 14.0. The third-order valence-corrected chi connectivity index (χ3v) is 3.70. The number of rotatable bonds is 5. The van der Waals surface area contributed by atoms with Gasteiger partial charge in [0.15, 0.2) is 5.69 Å². The third-order valence-electron chi connectivity index (χ3n) is 3.70. The molecule has 0 spiro atoms. The maximum atomic E-state index is 12.5. The maximum Gasteiger partial charge on any atom is 0.274 e. The van der Waals surface area contributed by atoms with E-state index in [1.807, 2.05) is 6.07 Å². The smallest absolute Gasteiger partial charge is 0.274 e. The lowest BCUT2D eigenvalue weighted by Crippen LogP contribution is -2.26. The lowest BCUT2D eigenvalue weighted by atomic mass is 10.2. The molecule has 0 aliphatic heterocycles. The van der Waals surface area contributed by atoms with Gasteiger partial charge >= 0.3 is 0 Å². The van der Waals surface area contributed by atoms with E-state index in [9.17, 15) is 9.59 Å². The standard InChI is InChI=1S/C18H18N4O3/c1-21(12-14-9-6-10-25-14)18(24)15-11-16(22(2)20-15)19-17(23)13-7-4-3-5-8-13/h3-11H,12H2,1-2H3,(H,19,23). The first-order valence-corrected chi connectivity index (χ1v) is 7.73. The molecule has 0 fully saturated rings. The normalized spacial score (nSPS) is 10.5. The van der Waals surface area contributed by atoms with Crippen molar-refractivity contribution in [3.05, 3.63) is 71.8 Å². The SMILES string of the molecule is CN(Cc1ccco1)C(=O)c1cc(NC(=O)c2ccccc2)n(C)n1. The second kappa shape index (κ2) is 7.04. The van der Waals surface area contributed by atoms with E-state index in [0.717, 1.165) is 0 Å². The van der Waals surface area contributed by atoms with E-state index in [1.54, 1.807) is 62.8 Å². The van der Waals surface area contributed by atoms with Crippen LogP contribution < -0.4 is 5.32 Å². The van der Waals surface area contributed by atoms with Gasteiger partial charge in [-0.05, 0) is 24.3 Å². The Labute approximate surface area is 144 Å². The topological polar surface area (TPSA) is 80.4 Å². The van der Waals surface area contributed by atoms with Gasteiger partial charge in [0.1, 0.15) is 11.6 Å². The van der Waals surface area contributed by atoms with E-state index < -0.39 is 0 Å². The molecule has 7 heteroatoms. The summed E-state index contributed by atoms with van der Waals surface area (Å²) in [5, 5.41) is 6.95. The summed E-state index contributed by atoms with van der Waals surface area (Å²) in [6.07, 6.45) is 1.56. The van der Waals surface area contributed by atoms with Crippen molar-refractivity contribution < 1.29 is 14.0 Å². The highest BCUT2D eigenvalue weighted by atomic mass is 16.3. The fourth-order valence-electron chi connectivity index (χ4n) is 2.37. The van der Waals surface area contributed by atoms with Crippen LogP contribution in [0.5, 0.6) is 0 Å². The van der Waals surface area contributed by atoms with E-state index in [1.165, 1.54) is 9.58 Å². The van der Waals surface area contributed by atoms with Crippen LogP contribution in [0.4, 0.5) is 5.82 Å². The molecular weight excluding hydrogens is 320 g/mol. The minimum absolute atomic E-state index is 0.250. The van der Waals surface area contributed by atoms with Crippen molar-refractivity contribution in [1.29, 1.82) is 0 Å². The molecule has 25 heavy (non-hydrogen) atoms. The average molecular weight is 338 g/mol. The predicted octanol–water partition coefficient (Wildman–Crippen LogP) is 2.54. The quantitative estimate of drug-likeness (QED) is 0.775. The first-order valence-electron chi connectivity index (χ1n) is 7.73. The number of furan rings is 1. The Morgan fingerprint density at radius 2 is 1.96 bits per heavy atom. The van der Waals surface area contributed by atoms with Crippen molar-refractivity contribution in [2.24, 2.45) is 7.05 Å². The van der Waals surface area contributed by atoms with Gasteiger partial charge in [-0.3, -0.25) is 14.3 Å². The molecule has 3 aromatic rings. The molecule has 0 bridgehead atoms. The van der Waals surface area contributed by atoms with Crippen molar-refractivity contribution >= 4 is 17.6 Å². The summed E-state index contributed by atoms with van der Waals surface area (Å²) in [5.41, 5.74) is 0.784. The lowest BCUT2D eigenvalue weighted by molar-refractivity contribution is 0.0768. The highest BCUT2D eigenvalue weighted by molar-refractivity contribution is 6.04. The third kappa shape index (κ3) is 3.77. The highest BCUT2D eigenvalue weighted by Gasteiger charge is 2.19. The number of nitrogens with zero attached hydrogens (tertiary/aromatic N) is 3. The van der Waals surface area contributed by atoms with Crippen molar-refractivity contribution in [3.8, 4) is 0 Å². The van der Waals surface area contributed by atoms with Gasteiger partial charge in [-0.1, -0.05) is 18.2 Å². The minimum Gasteiger partial charge on any atom is -0.467 e. The van der Waals surface area contributed by atoms with Crippen molar-refractivity contribution in [1.82, 2.24) is 14.7 Å². The molecule has 128 valence electrons. The number of benzene rings is 1. The highest BCUT2D eigenvalue weighted by Crippen LogP contribution is 2.14. The van der Waals surface area contributed by atoms with Crippen LogP contribution >= 0.6 is 0 Å². The van der Waals surface area contributed by atoms with Crippen LogP contribution in [0.15, 0.2) is 59.2 Å². The summed E-state index contributed by atoms with van der Waals surface area (Å²) >= 11 is 0. The number of anilines is 1. The Balaban J connectivity index is 1.71. The molecule has 0 unspecified atom stereocenters. The van der Waals surface area contributed by atoms with E-state index in [-0.39, 0.29) is 17.5 Å². The maximum absolute atomic E-state index is 12.5. The van der Waals surface area contributed by atoms with Gasteiger partial charge < -0.3 is 14.6 Å². The van der Waals surface area contributed by atoms with Gasteiger partial charge in [0, 0.05) is 25.7 Å². The average Bonchev–Trinajstić information content (AvgIpc) is 3.25. The predicted molar refractivity (Wildman–Crippen MR) is 92.1 cm³/mol. The molecule has 7 nitrogen and oxygen atoms in total. The number of carbonyl (C=O) groups is 2. The summed E-state index contributed by atoms with van der Waals surface area (Å²) in [5.74, 6) is 0.617. The molecule has 2 heterocycles. The number of aromatic nitrogens is 2. The molecular formula is C18H18N4O3. The number of hydrogen-bond acceptors (Lipinski definition) is 4. The van der Waals surface area contributed by atoms with Gasteiger partial charge in [-0.15, -0.1) is 0 Å². The first-order chi connectivity index (χ1) is 12.0. The van der Waals surface area contributed by atoms with Gasteiger partial charge in [0.25, 0.3) is 11.8 Å². The van der Waals surface area contributed by atoms with Crippen LogP contribution in [-0.2, 0) is 13.6 Å². The summed E-state index contributed by atoms with van der Waals surface area (Å²) < 4.78 is 6.71. The lowest BCUT2D eigenvalue weighted by Gasteiger charge is -2.13. The molecule has 0 saturated carbocycles. The molecule has 0 saturated heterocycles. The number of carbonyl (C=O) groups excluding carboxylic acids is 2. The summed E-state index contributed by atoms with van der Waals surface area (Å²) in [4.78, 5) is 26.2. The first kappa shape index (κ1) is 16.5. The molecule has 3 rings (SSSR count). The zero-order chi connectivity index (χ0) is 17.8. The second-order valence-corrected chi connectivity index (χ2v) is 5.60. The molecule has 0 atom stereocenters. The Morgan fingerprint density at radius 1 is 1.20 bits per heavy atom. The second-order valence-electron chi connectivity index (χ2n) is 5.60.